The molecule has 0 bridgehead atoms. The zero-order chi connectivity index (χ0) is 8.84. The van der Waals surface area contributed by atoms with Crippen LogP contribution in [0.1, 0.15) is 5.56 Å². The number of aromatic nitrogens is 3. The molecule has 0 saturated carbocycles. The number of fused-ring (bicyclic) bond motifs is 3. The van der Waals surface area contributed by atoms with Crippen molar-refractivity contribution in [2.24, 2.45) is 0 Å². The van der Waals surface area contributed by atoms with Crippen LogP contribution in [0.2, 0.25) is 0 Å². The minimum Gasteiger partial charge on any atom is -0.206 e. The maximum absolute atomic E-state index is 4.16. The molecule has 0 aliphatic carbocycles. The molecule has 2 heterocycles. The molecular formula is C9H7N3S. The number of rotatable bonds is 0. The van der Waals surface area contributed by atoms with Crippen LogP contribution in [0.25, 0.3) is 15.2 Å². The first-order chi connectivity index (χ1) is 6.34. The molecule has 3 aromatic rings. The summed E-state index contributed by atoms with van der Waals surface area (Å²) in [5.74, 6) is 0. The van der Waals surface area contributed by atoms with E-state index in [4.69, 9.17) is 0 Å². The van der Waals surface area contributed by atoms with Gasteiger partial charge >= 0.3 is 0 Å². The number of benzene rings is 1. The fourth-order valence-corrected chi connectivity index (χ4v) is 2.36. The lowest BCUT2D eigenvalue weighted by molar-refractivity contribution is 1.01. The van der Waals surface area contributed by atoms with E-state index in [9.17, 15) is 0 Å². The van der Waals surface area contributed by atoms with Gasteiger partial charge in [0.05, 0.1) is 10.2 Å². The molecule has 1 aromatic carbocycles. The summed E-state index contributed by atoms with van der Waals surface area (Å²) in [4.78, 5) is 5.11. The molecule has 3 nitrogen and oxygen atoms in total. The van der Waals surface area contributed by atoms with E-state index in [1.165, 1.54) is 10.3 Å². The number of aryl methyl sites for hydroxylation is 1. The van der Waals surface area contributed by atoms with Gasteiger partial charge in [0.2, 0.25) is 4.96 Å². The Balaban J connectivity index is 2.61. The third-order valence-electron chi connectivity index (χ3n) is 2.06. The molecule has 3 rings (SSSR count). The Kier molecular flexibility index (Phi) is 1.24. The van der Waals surface area contributed by atoms with Gasteiger partial charge in [0, 0.05) is 0 Å². The average Bonchev–Trinajstić information content (AvgIpc) is 2.64. The lowest BCUT2D eigenvalue weighted by atomic mass is 10.2. The smallest absolute Gasteiger partial charge is 0.206 e. The Labute approximate surface area is 78.6 Å². The van der Waals surface area contributed by atoms with E-state index >= 15 is 0 Å². The van der Waals surface area contributed by atoms with Crippen LogP contribution in [-0.2, 0) is 0 Å². The molecule has 64 valence electrons. The molecule has 2 aromatic heterocycles. The van der Waals surface area contributed by atoms with Crippen molar-refractivity contribution in [2.45, 2.75) is 6.92 Å². The van der Waals surface area contributed by atoms with Gasteiger partial charge in [0.15, 0.2) is 0 Å². The van der Waals surface area contributed by atoms with Crippen LogP contribution in [0.4, 0.5) is 0 Å². The third-order valence-corrected chi connectivity index (χ3v) is 3.09. The Hall–Kier alpha value is -1.42. The van der Waals surface area contributed by atoms with E-state index in [1.54, 1.807) is 17.7 Å². The first-order valence-electron chi connectivity index (χ1n) is 4.03. The van der Waals surface area contributed by atoms with E-state index in [0.29, 0.717) is 0 Å². The number of hydrogen-bond acceptors (Lipinski definition) is 3. The highest BCUT2D eigenvalue weighted by molar-refractivity contribution is 7.23. The second kappa shape index (κ2) is 2.29. The van der Waals surface area contributed by atoms with Crippen molar-refractivity contribution in [3.05, 3.63) is 30.1 Å². The Morgan fingerprint density at radius 3 is 3.23 bits per heavy atom. The second-order valence-electron chi connectivity index (χ2n) is 3.03. The largest absolute Gasteiger partial charge is 0.213 e. The zero-order valence-electron chi connectivity index (χ0n) is 7.06. The van der Waals surface area contributed by atoms with Gasteiger partial charge in [-0.3, -0.25) is 0 Å². The van der Waals surface area contributed by atoms with Crippen molar-refractivity contribution in [1.29, 1.82) is 0 Å². The fourth-order valence-electron chi connectivity index (χ4n) is 1.44. The standard InChI is InChI=1S/C9H7N3S/c1-6-2-3-8-7(4-6)12-9(13-8)10-5-11-12/h2-5H,1H3. The summed E-state index contributed by atoms with van der Waals surface area (Å²) in [6.45, 7) is 2.08. The molecule has 0 N–H and O–H groups in total. The van der Waals surface area contributed by atoms with Gasteiger partial charge < -0.3 is 0 Å². The van der Waals surface area contributed by atoms with Crippen LogP contribution in [0.15, 0.2) is 24.5 Å². The van der Waals surface area contributed by atoms with Gasteiger partial charge in [-0.15, -0.1) is 0 Å². The van der Waals surface area contributed by atoms with E-state index in [1.807, 2.05) is 4.52 Å². The molecule has 0 unspecified atom stereocenters. The highest BCUT2D eigenvalue weighted by Crippen LogP contribution is 2.24. The van der Waals surface area contributed by atoms with E-state index in [2.05, 4.69) is 35.2 Å². The predicted octanol–water partition coefficient (Wildman–Crippen LogP) is 2.25. The van der Waals surface area contributed by atoms with E-state index < -0.39 is 0 Å². The topological polar surface area (TPSA) is 30.2 Å². The Bertz CT molecular complexity index is 579. The van der Waals surface area contributed by atoms with Crippen molar-refractivity contribution in [1.82, 2.24) is 14.6 Å². The molecule has 13 heavy (non-hydrogen) atoms. The molecule has 0 aliphatic heterocycles. The van der Waals surface area contributed by atoms with Crippen molar-refractivity contribution >= 4 is 26.5 Å². The van der Waals surface area contributed by atoms with Gasteiger partial charge in [-0.2, -0.15) is 5.10 Å². The quantitative estimate of drug-likeness (QED) is 0.543. The maximum atomic E-state index is 4.16. The number of hydrogen-bond donors (Lipinski definition) is 0. The van der Waals surface area contributed by atoms with Crippen LogP contribution in [0, 0.1) is 6.92 Å². The monoisotopic (exact) mass is 189 g/mol. The summed E-state index contributed by atoms with van der Waals surface area (Å²) >= 11 is 1.67. The summed E-state index contributed by atoms with van der Waals surface area (Å²) in [6.07, 6.45) is 1.59. The van der Waals surface area contributed by atoms with Crippen LogP contribution >= 0.6 is 11.3 Å². The summed E-state index contributed by atoms with van der Waals surface area (Å²) in [7, 11) is 0. The zero-order valence-corrected chi connectivity index (χ0v) is 7.88. The van der Waals surface area contributed by atoms with Gasteiger partial charge in [-0.1, -0.05) is 17.4 Å². The predicted molar refractivity (Wildman–Crippen MR) is 53.1 cm³/mol. The molecule has 0 aliphatic rings. The maximum Gasteiger partial charge on any atom is 0.213 e. The molecule has 0 radical (unpaired) electrons. The van der Waals surface area contributed by atoms with E-state index in [0.717, 1.165) is 10.5 Å². The molecule has 0 saturated heterocycles. The van der Waals surface area contributed by atoms with Crippen molar-refractivity contribution in [3.63, 3.8) is 0 Å². The Morgan fingerprint density at radius 2 is 2.31 bits per heavy atom. The molecular weight excluding hydrogens is 182 g/mol. The third kappa shape index (κ3) is 0.890. The van der Waals surface area contributed by atoms with Crippen molar-refractivity contribution in [3.8, 4) is 0 Å². The summed E-state index contributed by atoms with van der Waals surface area (Å²) in [6, 6.07) is 6.36. The van der Waals surface area contributed by atoms with Crippen molar-refractivity contribution in [2.75, 3.05) is 0 Å². The normalized spacial score (nSPS) is 11.5. The lowest BCUT2D eigenvalue weighted by Crippen LogP contribution is -1.82. The Morgan fingerprint density at radius 1 is 1.38 bits per heavy atom. The van der Waals surface area contributed by atoms with Crippen LogP contribution in [-0.4, -0.2) is 14.6 Å². The average molecular weight is 189 g/mol. The molecule has 0 spiro atoms. The van der Waals surface area contributed by atoms with E-state index in [-0.39, 0.29) is 0 Å². The van der Waals surface area contributed by atoms with Crippen LogP contribution in [0.3, 0.4) is 0 Å². The molecule has 0 fully saturated rings. The number of nitrogens with zero attached hydrogens (tertiary/aromatic N) is 3. The molecule has 0 atom stereocenters. The first kappa shape index (κ1) is 7.03. The minimum absolute atomic E-state index is 0.959. The van der Waals surface area contributed by atoms with Gasteiger partial charge in [0.1, 0.15) is 6.33 Å². The fraction of sp³-hybridized carbons (Fsp3) is 0.111. The number of thiazole rings is 1. The molecule has 4 heteroatoms. The summed E-state index contributed by atoms with van der Waals surface area (Å²) in [5.41, 5.74) is 2.40. The van der Waals surface area contributed by atoms with Crippen molar-refractivity contribution < 1.29 is 0 Å². The first-order valence-corrected chi connectivity index (χ1v) is 4.85. The second-order valence-corrected chi connectivity index (χ2v) is 4.04. The van der Waals surface area contributed by atoms with Gasteiger partial charge in [-0.25, -0.2) is 9.50 Å². The highest BCUT2D eigenvalue weighted by Gasteiger charge is 2.05. The van der Waals surface area contributed by atoms with Gasteiger partial charge in [0.25, 0.3) is 0 Å². The SMILES string of the molecule is Cc1ccc2sc3ncnn3c2c1. The van der Waals surface area contributed by atoms with Crippen LogP contribution in [0.5, 0.6) is 0 Å². The summed E-state index contributed by atoms with van der Waals surface area (Å²) < 4.78 is 3.12. The molecule has 0 amide bonds. The van der Waals surface area contributed by atoms with Crippen LogP contribution < -0.4 is 0 Å². The summed E-state index contributed by atoms with van der Waals surface area (Å²) in [5, 5.41) is 4.16. The van der Waals surface area contributed by atoms with Gasteiger partial charge in [-0.05, 0) is 24.6 Å². The highest BCUT2D eigenvalue weighted by atomic mass is 32.1. The lowest BCUT2D eigenvalue weighted by Gasteiger charge is -1.91. The minimum atomic E-state index is 0.959.